The number of likely N-dealkylation sites (tertiary alicyclic amines) is 1. The number of nitrogens with zero attached hydrogens (tertiary/aromatic N) is 1. The largest absolute Gasteiger partial charge is 0.395 e. The number of rotatable bonds is 8. The molecule has 0 unspecified atom stereocenters. The number of carbonyl (C=O) groups excluding carboxylic acids is 2. The molecule has 5 rings (SSSR count). The Morgan fingerprint density at radius 2 is 1.86 bits per heavy atom. The van der Waals surface area contributed by atoms with Crippen LogP contribution >= 0.6 is 0 Å². The number of carbonyl (C=O) groups is 2. The molecule has 2 fully saturated rings. The van der Waals surface area contributed by atoms with Crippen molar-refractivity contribution in [1.29, 1.82) is 0 Å². The van der Waals surface area contributed by atoms with Crippen LogP contribution in [0.4, 0.5) is 11.4 Å². The van der Waals surface area contributed by atoms with Crippen molar-refractivity contribution in [1.82, 2.24) is 10.2 Å². The normalized spacial score (nSPS) is 26.5. The van der Waals surface area contributed by atoms with Gasteiger partial charge in [-0.3, -0.25) is 9.59 Å². The molecule has 37 heavy (non-hydrogen) atoms. The molecule has 198 valence electrons. The molecule has 2 aromatic rings. The Morgan fingerprint density at radius 1 is 1.08 bits per heavy atom. The number of para-hydroxylation sites is 1. The van der Waals surface area contributed by atoms with E-state index >= 15 is 0 Å². The van der Waals surface area contributed by atoms with Crippen molar-refractivity contribution in [2.45, 2.75) is 50.2 Å². The van der Waals surface area contributed by atoms with Gasteiger partial charge in [0.25, 0.3) is 5.91 Å². The maximum atomic E-state index is 14.1. The summed E-state index contributed by atoms with van der Waals surface area (Å²) in [5, 5.41) is 18.9. The highest BCUT2D eigenvalue weighted by Crippen LogP contribution is 2.47. The lowest BCUT2D eigenvalue weighted by Crippen LogP contribution is -2.50. The van der Waals surface area contributed by atoms with E-state index in [1.165, 1.54) is 5.56 Å². The first-order chi connectivity index (χ1) is 18.1. The molecule has 0 spiro atoms. The van der Waals surface area contributed by atoms with Gasteiger partial charge in [-0.1, -0.05) is 31.0 Å². The third kappa shape index (κ3) is 5.31. The lowest BCUT2D eigenvalue weighted by Gasteiger charge is -2.41. The van der Waals surface area contributed by atoms with E-state index in [2.05, 4.69) is 33.0 Å². The lowest BCUT2D eigenvalue weighted by atomic mass is 9.81. The lowest BCUT2D eigenvalue weighted by molar-refractivity contribution is -0.139. The molecule has 8 nitrogen and oxygen atoms in total. The molecule has 2 heterocycles. The summed E-state index contributed by atoms with van der Waals surface area (Å²) < 4.78 is 5.52. The maximum Gasteiger partial charge on any atom is 0.251 e. The number of aliphatic hydroxyl groups excluding tert-OH is 1. The van der Waals surface area contributed by atoms with Crippen LogP contribution in [0.5, 0.6) is 0 Å². The topological polar surface area (TPSA) is 103 Å². The van der Waals surface area contributed by atoms with E-state index in [1.54, 1.807) is 19.2 Å². The molecule has 0 radical (unpaired) electrons. The van der Waals surface area contributed by atoms with Gasteiger partial charge >= 0.3 is 0 Å². The van der Waals surface area contributed by atoms with Gasteiger partial charge in [-0.05, 0) is 55.2 Å². The van der Waals surface area contributed by atoms with Crippen molar-refractivity contribution in [2.24, 2.45) is 11.8 Å². The minimum absolute atomic E-state index is 0.0299. The molecular formula is C29H38N4O4. The molecule has 8 heteroatoms. The summed E-state index contributed by atoms with van der Waals surface area (Å²) in [4.78, 5) is 29.3. The minimum Gasteiger partial charge on any atom is -0.395 e. The van der Waals surface area contributed by atoms with E-state index in [4.69, 9.17) is 9.84 Å². The Bertz CT molecular complexity index is 1090. The molecule has 2 aliphatic heterocycles. The summed E-state index contributed by atoms with van der Waals surface area (Å²) in [6, 6.07) is 15.5. The predicted molar refractivity (Wildman–Crippen MR) is 144 cm³/mol. The summed E-state index contributed by atoms with van der Waals surface area (Å²) >= 11 is 0. The van der Waals surface area contributed by atoms with E-state index in [-0.39, 0.29) is 42.5 Å². The second-order valence-electron chi connectivity index (χ2n) is 10.4. The molecule has 4 N–H and O–H groups in total. The molecule has 1 saturated carbocycles. The quantitative estimate of drug-likeness (QED) is 0.438. The van der Waals surface area contributed by atoms with E-state index in [0.717, 1.165) is 50.0 Å². The van der Waals surface area contributed by atoms with Gasteiger partial charge in [0.2, 0.25) is 5.91 Å². The summed E-state index contributed by atoms with van der Waals surface area (Å²) in [6.07, 6.45) is 4.55. The number of hydrogen-bond donors (Lipinski definition) is 4. The first-order valence-electron chi connectivity index (χ1n) is 13.5. The van der Waals surface area contributed by atoms with E-state index < -0.39 is 0 Å². The number of methoxy groups -OCH3 is 1. The molecule has 3 aliphatic rings. The van der Waals surface area contributed by atoms with Gasteiger partial charge in [-0.2, -0.15) is 0 Å². The van der Waals surface area contributed by atoms with Crippen LogP contribution in [0.15, 0.2) is 48.5 Å². The summed E-state index contributed by atoms with van der Waals surface area (Å²) in [7, 11) is 1.73. The standard InChI is InChI=1S/C29H38N4O4/c1-37-18-26-22-14-16-33(27(22)21-6-2-4-8-24(21)31-26)29(36)23-7-3-5-9-25(23)32-28(35)19-10-12-20(13-11-19)30-15-17-34/h2,4,6,8,10-13,22-23,25-27,30-31,34H,3,5,7,9,14-18H2,1H3,(H,32,35)/t22-,23-,25+,26-,27-/m0/s1. The summed E-state index contributed by atoms with van der Waals surface area (Å²) in [5.74, 6) is 0.0947. The molecule has 1 saturated heterocycles. The van der Waals surface area contributed by atoms with Crippen LogP contribution in [-0.2, 0) is 9.53 Å². The fraction of sp³-hybridized carbons (Fsp3) is 0.517. The average molecular weight is 507 g/mol. The van der Waals surface area contributed by atoms with Gasteiger partial charge in [0, 0.05) is 49.1 Å². The van der Waals surface area contributed by atoms with Gasteiger partial charge in [0.15, 0.2) is 0 Å². The van der Waals surface area contributed by atoms with Crippen molar-refractivity contribution >= 4 is 23.2 Å². The molecule has 1 aliphatic carbocycles. The SMILES string of the molecule is COC[C@@H]1Nc2ccccc2[C@H]2[C@H]1CCN2C(=O)[C@H]1CCCC[C@H]1NC(=O)c1ccc(NCCO)cc1. The third-order valence-corrected chi connectivity index (χ3v) is 8.20. The highest BCUT2D eigenvalue weighted by Gasteiger charge is 2.48. The Hall–Kier alpha value is -3.10. The zero-order chi connectivity index (χ0) is 25.8. The Balaban J connectivity index is 1.32. The maximum absolute atomic E-state index is 14.1. The number of aliphatic hydroxyl groups is 1. The van der Waals surface area contributed by atoms with Gasteiger partial charge in [-0.25, -0.2) is 0 Å². The van der Waals surface area contributed by atoms with E-state index in [0.29, 0.717) is 24.6 Å². The van der Waals surface area contributed by atoms with Gasteiger partial charge in [0.05, 0.1) is 31.2 Å². The molecule has 2 amide bonds. The molecule has 0 aromatic heterocycles. The fourth-order valence-corrected chi connectivity index (χ4v) is 6.42. The van der Waals surface area contributed by atoms with Gasteiger partial charge in [-0.15, -0.1) is 0 Å². The number of amides is 2. The first kappa shape index (κ1) is 25.5. The van der Waals surface area contributed by atoms with Crippen molar-refractivity contribution in [3.63, 3.8) is 0 Å². The Morgan fingerprint density at radius 3 is 2.65 bits per heavy atom. The molecule has 0 bridgehead atoms. The van der Waals surface area contributed by atoms with Crippen molar-refractivity contribution in [3.8, 4) is 0 Å². The number of anilines is 2. The monoisotopic (exact) mass is 506 g/mol. The van der Waals surface area contributed by atoms with Crippen LogP contribution in [0.1, 0.15) is 54.1 Å². The van der Waals surface area contributed by atoms with Crippen LogP contribution in [0.25, 0.3) is 0 Å². The molecule has 2 aromatic carbocycles. The highest BCUT2D eigenvalue weighted by atomic mass is 16.5. The van der Waals surface area contributed by atoms with Crippen LogP contribution in [-0.4, -0.2) is 67.3 Å². The second-order valence-corrected chi connectivity index (χ2v) is 10.4. The average Bonchev–Trinajstić information content (AvgIpc) is 3.38. The fourth-order valence-electron chi connectivity index (χ4n) is 6.42. The van der Waals surface area contributed by atoms with E-state index in [1.807, 2.05) is 24.3 Å². The van der Waals surface area contributed by atoms with Crippen LogP contribution in [0, 0.1) is 11.8 Å². The Kier molecular flexibility index (Phi) is 7.96. The highest BCUT2D eigenvalue weighted by molar-refractivity contribution is 5.95. The van der Waals surface area contributed by atoms with Crippen molar-refractivity contribution < 1.29 is 19.4 Å². The second kappa shape index (κ2) is 11.5. The first-order valence-corrected chi connectivity index (χ1v) is 13.5. The number of fused-ring (bicyclic) bond motifs is 3. The van der Waals surface area contributed by atoms with Crippen molar-refractivity contribution in [3.05, 3.63) is 59.7 Å². The van der Waals surface area contributed by atoms with Gasteiger partial charge < -0.3 is 30.7 Å². The van der Waals surface area contributed by atoms with E-state index in [9.17, 15) is 9.59 Å². The summed E-state index contributed by atoms with van der Waals surface area (Å²) in [6.45, 7) is 1.84. The van der Waals surface area contributed by atoms with Crippen LogP contribution < -0.4 is 16.0 Å². The zero-order valence-corrected chi connectivity index (χ0v) is 21.5. The summed E-state index contributed by atoms with van der Waals surface area (Å²) in [5.41, 5.74) is 3.68. The van der Waals surface area contributed by atoms with Gasteiger partial charge in [0.1, 0.15) is 0 Å². The number of hydrogen-bond acceptors (Lipinski definition) is 6. The predicted octanol–water partition coefficient (Wildman–Crippen LogP) is 3.41. The minimum atomic E-state index is -0.218. The number of benzene rings is 2. The molecule has 5 atom stereocenters. The zero-order valence-electron chi connectivity index (χ0n) is 21.5. The van der Waals surface area contributed by atoms with Crippen LogP contribution in [0.3, 0.4) is 0 Å². The Labute approximate surface area is 218 Å². The number of nitrogens with one attached hydrogen (secondary N) is 3. The van der Waals surface area contributed by atoms with Crippen LogP contribution in [0.2, 0.25) is 0 Å². The third-order valence-electron chi connectivity index (χ3n) is 8.20. The smallest absolute Gasteiger partial charge is 0.251 e. The number of ether oxygens (including phenoxy) is 1. The molecular weight excluding hydrogens is 468 g/mol. The van der Waals surface area contributed by atoms with Crippen molar-refractivity contribution in [2.75, 3.05) is 44.0 Å².